The van der Waals surface area contributed by atoms with Crippen LogP contribution in [0.4, 0.5) is 0 Å². The van der Waals surface area contributed by atoms with Crippen molar-refractivity contribution in [2.75, 3.05) is 19.7 Å². The number of nitrogens with zero attached hydrogens (tertiary/aromatic N) is 2. The van der Waals surface area contributed by atoms with Crippen LogP contribution in [0.1, 0.15) is 29.2 Å². The van der Waals surface area contributed by atoms with Crippen molar-refractivity contribution in [1.82, 2.24) is 10.2 Å². The number of nitriles is 1. The van der Waals surface area contributed by atoms with E-state index in [2.05, 4.69) is 47.5 Å². The summed E-state index contributed by atoms with van der Waals surface area (Å²) in [6.07, 6.45) is 0.325. The molecule has 2 aromatic rings. The lowest BCUT2D eigenvalue weighted by molar-refractivity contribution is -0.0212. The fourth-order valence-electron chi connectivity index (χ4n) is 3.18. The molecule has 1 aliphatic heterocycles. The van der Waals surface area contributed by atoms with Crippen LogP contribution in [0.3, 0.4) is 0 Å². The van der Waals surface area contributed by atoms with Crippen molar-refractivity contribution >= 4 is 0 Å². The van der Waals surface area contributed by atoms with Gasteiger partial charge in [-0.15, -0.1) is 0 Å². The third-order valence-corrected chi connectivity index (χ3v) is 4.46. The third kappa shape index (κ3) is 5.40. The number of ether oxygens (including phenoxy) is 1. The molecule has 25 heavy (non-hydrogen) atoms. The summed E-state index contributed by atoms with van der Waals surface area (Å²) in [5.41, 5.74) is 4.55. The summed E-state index contributed by atoms with van der Waals surface area (Å²) in [7, 11) is 0. The van der Waals surface area contributed by atoms with Gasteiger partial charge in [0.1, 0.15) is 0 Å². The van der Waals surface area contributed by atoms with Crippen LogP contribution in [0.5, 0.6) is 0 Å². The predicted molar refractivity (Wildman–Crippen MR) is 98.8 cm³/mol. The minimum Gasteiger partial charge on any atom is -0.376 e. The first kappa shape index (κ1) is 17.6. The summed E-state index contributed by atoms with van der Waals surface area (Å²) >= 11 is 0. The lowest BCUT2D eigenvalue weighted by Gasteiger charge is -2.31. The Morgan fingerprint density at radius 3 is 2.64 bits per heavy atom. The maximum Gasteiger partial charge on any atom is 0.0991 e. The number of benzene rings is 2. The molecular formula is C21H25N3O. The molecule has 1 aliphatic rings. The van der Waals surface area contributed by atoms with Gasteiger partial charge in [-0.25, -0.2) is 0 Å². The van der Waals surface area contributed by atoms with Gasteiger partial charge in [0, 0.05) is 32.7 Å². The van der Waals surface area contributed by atoms with Crippen molar-refractivity contribution in [3.8, 4) is 6.07 Å². The van der Waals surface area contributed by atoms with Crippen LogP contribution in [0.15, 0.2) is 48.5 Å². The normalized spacial score (nSPS) is 18.0. The van der Waals surface area contributed by atoms with E-state index in [-0.39, 0.29) is 0 Å². The highest BCUT2D eigenvalue weighted by Gasteiger charge is 2.16. The maximum atomic E-state index is 8.84. The van der Waals surface area contributed by atoms with Gasteiger partial charge in [-0.3, -0.25) is 4.90 Å². The zero-order chi connectivity index (χ0) is 17.5. The SMILES string of the molecule is CC1CN(Cc2cccc(CNCc3ccc(C#N)cc3)c2)CCO1. The Kier molecular flexibility index (Phi) is 6.19. The van der Waals surface area contributed by atoms with Gasteiger partial charge in [0.15, 0.2) is 0 Å². The van der Waals surface area contributed by atoms with E-state index in [9.17, 15) is 0 Å². The van der Waals surface area contributed by atoms with Crippen LogP contribution < -0.4 is 5.32 Å². The van der Waals surface area contributed by atoms with E-state index >= 15 is 0 Å². The second-order valence-corrected chi connectivity index (χ2v) is 6.65. The summed E-state index contributed by atoms with van der Waals surface area (Å²) in [5, 5.41) is 12.3. The lowest BCUT2D eigenvalue weighted by Crippen LogP contribution is -2.40. The van der Waals surface area contributed by atoms with Crippen LogP contribution in [-0.2, 0) is 24.4 Å². The molecule has 0 saturated carbocycles. The van der Waals surface area contributed by atoms with E-state index in [1.807, 2.05) is 24.3 Å². The molecule has 4 nitrogen and oxygen atoms in total. The number of hydrogen-bond acceptors (Lipinski definition) is 4. The van der Waals surface area contributed by atoms with Crippen molar-refractivity contribution in [3.63, 3.8) is 0 Å². The molecule has 0 aliphatic carbocycles. The van der Waals surface area contributed by atoms with E-state index in [4.69, 9.17) is 10.00 Å². The summed E-state index contributed by atoms with van der Waals surface area (Å²) in [6, 6.07) is 18.7. The van der Waals surface area contributed by atoms with Gasteiger partial charge in [0.25, 0.3) is 0 Å². The summed E-state index contributed by atoms with van der Waals surface area (Å²) < 4.78 is 5.61. The summed E-state index contributed by atoms with van der Waals surface area (Å²) in [6.45, 7) is 7.59. The largest absolute Gasteiger partial charge is 0.376 e. The molecule has 0 amide bonds. The average molecular weight is 335 g/mol. The molecule has 130 valence electrons. The Bertz CT molecular complexity index is 721. The lowest BCUT2D eigenvalue weighted by atomic mass is 10.1. The van der Waals surface area contributed by atoms with E-state index in [0.717, 1.165) is 39.3 Å². The van der Waals surface area contributed by atoms with Crippen LogP contribution in [0.2, 0.25) is 0 Å². The van der Waals surface area contributed by atoms with E-state index in [0.29, 0.717) is 11.7 Å². The molecule has 0 spiro atoms. The smallest absolute Gasteiger partial charge is 0.0991 e. The molecule has 0 radical (unpaired) electrons. The molecule has 1 atom stereocenters. The second kappa shape index (κ2) is 8.77. The Labute approximate surface area is 150 Å². The average Bonchev–Trinajstić information content (AvgIpc) is 2.63. The molecule has 1 fully saturated rings. The van der Waals surface area contributed by atoms with Crippen LogP contribution in [0, 0.1) is 11.3 Å². The Hall–Kier alpha value is -2.19. The van der Waals surface area contributed by atoms with Crippen LogP contribution >= 0.6 is 0 Å². The monoisotopic (exact) mass is 335 g/mol. The molecule has 3 rings (SSSR count). The fourth-order valence-corrected chi connectivity index (χ4v) is 3.18. The van der Waals surface area contributed by atoms with E-state index < -0.39 is 0 Å². The molecule has 1 N–H and O–H groups in total. The molecule has 1 heterocycles. The molecule has 0 bridgehead atoms. The van der Waals surface area contributed by atoms with Crippen LogP contribution in [0.25, 0.3) is 0 Å². The minimum atomic E-state index is 0.325. The van der Waals surface area contributed by atoms with Gasteiger partial charge in [-0.1, -0.05) is 36.4 Å². The van der Waals surface area contributed by atoms with Gasteiger partial charge in [-0.05, 0) is 35.7 Å². The quantitative estimate of drug-likeness (QED) is 0.881. The predicted octanol–water partition coefficient (Wildman–Crippen LogP) is 3.07. The summed E-state index contributed by atoms with van der Waals surface area (Å²) in [4.78, 5) is 2.46. The molecule has 2 aromatic carbocycles. The highest BCUT2D eigenvalue weighted by atomic mass is 16.5. The first-order chi connectivity index (χ1) is 12.2. The number of morpholine rings is 1. The number of nitrogens with one attached hydrogen (secondary N) is 1. The zero-order valence-electron chi connectivity index (χ0n) is 14.7. The van der Waals surface area contributed by atoms with Gasteiger partial charge in [0.05, 0.1) is 24.3 Å². The zero-order valence-corrected chi connectivity index (χ0v) is 14.7. The molecule has 1 unspecified atom stereocenters. The fraction of sp³-hybridized carbons (Fsp3) is 0.381. The van der Waals surface area contributed by atoms with Crippen molar-refractivity contribution < 1.29 is 4.74 Å². The molecule has 4 heteroatoms. The first-order valence-electron chi connectivity index (χ1n) is 8.84. The topological polar surface area (TPSA) is 48.3 Å². The molecule has 0 aromatic heterocycles. The standard InChI is InChI=1S/C21H25N3O/c1-17-15-24(9-10-25-17)16-21-4-2-3-20(11-21)14-23-13-19-7-5-18(12-22)6-8-19/h2-8,11,17,23H,9-10,13-16H2,1H3. The maximum absolute atomic E-state index is 8.84. The molecule has 1 saturated heterocycles. The van der Waals surface area contributed by atoms with Crippen molar-refractivity contribution in [2.24, 2.45) is 0 Å². The van der Waals surface area contributed by atoms with Crippen molar-refractivity contribution in [1.29, 1.82) is 5.26 Å². The second-order valence-electron chi connectivity index (χ2n) is 6.65. The van der Waals surface area contributed by atoms with Crippen molar-refractivity contribution in [2.45, 2.75) is 32.7 Å². The highest BCUT2D eigenvalue weighted by molar-refractivity contribution is 5.31. The molecular weight excluding hydrogens is 310 g/mol. The third-order valence-electron chi connectivity index (χ3n) is 4.46. The Balaban J connectivity index is 1.50. The van der Waals surface area contributed by atoms with Crippen LogP contribution in [-0.4, -0.2) is 30.7 Å². The number of rotatable bonds is 6. The van der Waals surface area contributed by atoms with E-state index in [1.165, 1.54) is 16.7 Å². The summed E-state index contributed by atoms with van der Waals surface area (Å²) in [5.74, 6) is 0. The highest BCUT2D eigenvalue weighted by Crippen LogP contribution is 2.12. The minimum absolute atomic E-state index is 0.325. The van der Waals surface area contributed by atoms with Gasteiger partial charge in [-0.2, -0.15) is 5.26 Å². The van der Waals surface area contributed by atoms with Gasteiger partial charge >= 0.3 is 0 Å². The Morgan fingerprint density at radius 1 is 1.12 bits per heavy atom. The first-order valence-corrected chi connectivity index (χ1v) is 8.84. The van der Waals surface area contributed by atoms with Gasteiger partial charge in [0.2, 0.25) is 0 Å². The Morgan fingerprint density at radius 2 is 1.88 bits per heavy atom. The van der Waals surface area contributed by atoms with Gasteiger partial charge < -0.3 is 10.1 Å². The number of hydrogen-bond donors (Lipinski definition) is 1. The van der Waals surface area contributed by atoms with E-state index in [1.54, 1.807) is 0 Å². The van der Waals surface area contributed by atoms with Crippen molar-refractivity contribution in [3.05, 3.63) is 70.8 Å².